The Morgan fingerprint density at radius 2 is 1.82 bits per heavy atom. The maximum absolute atomic E-state index is 12.7. The van der Waals surface area contributed by atoms with E-state index in [1.165, 1.54) is 28.7 Å². The summed E-state index contributed by atoms with van der Waals surface area (Å²) in [5.41, 5.74) is 3.40. The van der Waals surface area contributed by atoms with E-state index >= 15 is 0 Å². The first-order valence-electron chi connectivity index (χ1n) is 9.20. The summed E-state index contributed by atoms with van der Waals surface area (Å²) in [4.78, 5) is 14.4. The van der Waals surface area contributed by atoms with Gasteiger partial charge in [0.1, 0.15) is 0 Å². The molecule has 0 fully saturated rings. The average Bonchev–Trinajstić information content (AvgIpc) is 3.15. The predicted octanol–water partition coefficient (Wildman–Crippen LogP) is 4.98. The lowest BCUT2D eigenvalue weighted by molar-refractivity contribution is -0.129. The predicted molar refractivity (Wildman–Crippen MR) is 117 cm³/mol. The fraction of sp³-hybridized carbons (Fsp3) is 0.286. The van der Waals surface area contributed by atoms with Crippen LogP contribution in [0.2, 0.25) is 0 Å². The van der Waals surface area contributed by atoms with Crippen LogP contribution >= 0.6 is 23.1 Å². The van der Waals surface area contributed by atoms with Crippen LogP contribution in [0.25, 0.3) is 0 Å². The zero-order chi connectivity index (χ0) is 19.9. The minimum Gasteiger partial charge on any atom is -0.340 e. The molecule has 1 aromatic heterocycles. The number of hydrogen-bond donors (Lipinski definition) is 1. The average molecular weight is 413 g/mol. The molecule has 0 aliphatic rings. The molecular formula is C21H24N4OS2. The molecule has 1 atom stereocenters. The molecule has 0 bridgehead atoms. The summed E-state index contributed by atoms with van der Waals surface area (Å²) in [6.45, 7) is 4.64. The number of hydrogen-bond acceptors (Lipinski definition) is 6. The number of benzene rings is 2. The summed E-state index contributed by atoms with van der Waals surface area (Å²) in [6, 6.07) is 18.3. The third-order valence-corrected chi connectivity index (χ3v) is 6.29. The highest BCUT2D eigenvalue weighted by molar-refractivity contribution is 8.02. The molecule has 1 N–H and O–H groups in total. The SMILES string of the molecule is CCc1ccc(Nc2nnc(S[C@@H](C)C(=O)N(C)Cc3ccccc3)s2)cc1. The summed E-state index contributed by atoms with van der Waals surface area (Å²) in [7, 11) is 1.83. The molecule has 0 radical (unpaired) electrons. The zero-order valence-electron chi connectivity index (χ0n) is 16.3. The molecule has 0 saturated heterocycles. The van der Waals surface area contributed by atoms with E-state index in [4.69, 9.17) is 0 Å². The van der Waals surface area contributed by atoms with Gasteiger partial charge in [-0.1, -0.05) is 72.5 Å². The Labute approximate surface area is 174 Å². The van der Waals surface area contributed by atoms with Gasteiger partial charge in [0.25, 0.3) is 0 Å². The number of carbonyl (C=O) groups excluding carboxylic acids is 1. The number of thioether (sulfide) groups is 1. The summed E-state index contributed by atoms with van der Waals surface area (Å²) in [5, 5.41) is 12.2. The van der Waals surface area contributed by atoms with Gasteiger partial charge >= 0.3 is 0 Å². The van der Waals surface area contributed by atoms with Crippen molar-refractivity contribution in [1.29, 1.82) is 0 Å². The Kier molecular flexibility index (Phi) is 7.06. The Hall–Kier alpha value is -2.38. The van der Waals surface area contributed by atoms with Crippen LogP contribution in [-0.4, -0.2) is 33.3 Å². The minimum atomic E-state index is -0.224. The van der Waals surface area contributed by atoms with E-state index in [1.807, 2.05) is 56.4 Å². The Morgan fingerprint density at radius 3 is 2.50 bits per heavy atom. The summed E-state index contributed by atoms with van der Waals surface area (Å²) in [5.74, 6) is 0.0775. The number of aryl methyl sites for hydroxylation is 1. The quantitative estimate of drug-likeness (QED) is 0.529. The highest BCUT2D eigenvalue weighted by atomic mass is 32.2. The molecule has 7 heteroatoms. The van der Waals surface area contributed by atoms with Crippen LogP contribution in [-0.2, 0) is 17.8 Å². The van der Waals surface area contributed by atoms with E-state index in [9.17, 15) is 4.79 Å². The van der Waals surface area contributed by atoms with Crippen molar-refractivity contribution in [3.63, 3.8) is 0 Å². The Morgan fingerprint density at radius 1 is 1.11 bits per heavy atom. The number of anilines is 2. The molecule has 0 saturated carbocycles. The van der Waals surface area contributed by atoms with Crippen LogP contribution in [0.4, 0.5) is 10.8 Å². The van der Waals surface area contributed by atoms with Crippen molar-refractivity contribution in [2.75, 3.05) is 12.4 Å². The van der Waals surface area contributed by atoms with Crippen molar-refractivity contribution in [2.45, 2.75) is 36.4 Å². The van der Waals surface area contributed by atoms with Crippen LogP contribution in [0.1, 0.15) is 25.0 Å². The lowest BCUT2D eigenvalue weighted by atomic mass is 10.1. The molecule has 5 nitrogen and oxygen atoms in total. The van der Waals surface area contributed by atoms with E-state index in [2.05, 4.69) is 34.6 Å². The maximum Gasteiger partial charge on any atom is 0.235 e. The van der Waals surface area contributed by atoms with Gasteiger partial charge in [0, 0.05) is 19.3 Å². The number of aromatic nitrogens is 2. The Bertz CT molecular complexity index is 896. The molecule has 0 spiro atoms. The lowest BCUT2D eigenvalue weighted by Crippen LogP contribution is -2.32. The van der Waals surface area contributed by atoms with E-state index in [0.717, 1.165) is 27.1 Å². The van der Waals surface area contributed by atoms with Gasteiger partial charge in [0.2, 0.25) is 11.0 Å². The number of nitrogens with zero attached hydrogens (tertiary/aromatic N) is 3. The molecule has 3 aromatic rings. The first-order valence-corrected chi connectivity index (χ1v) is 10.9. The van der Waals surface area contributed by atoms with Crippen LogP contribution in [0, 0.1) is 0 Å². The standard InChI is InChI=1S/C21H24N4OS2/c1-4-16-10-12-18(13-11-16)22-20-23-24-21(28-20)27-15(2)19(26)25(3)14-17-8-6-5-7-9-17/h5-13,15H,4,14H2,1-3H3,(H,22,23)/t15-/m0/s1. The monoisotopic (exact) mass is 412 g/mol. The molecule has 1 amide bonds. The van der Waals surface area contributed by atoms with Gasteiger partial charge in [-0.05, 0) is 36.6 Å². The highest BCUT2D eigenvalue weighted by Gasteiger charge is 2.20. The first kappa shape index (κ1) is 20.4. The highest BCUT2D eigenvalue weighted by Crippen LogP contribution is 2.31. The second kappa shape index (κ2) is 9.71. The van der Waals surface area contributed by atoms with Gasteiger partial charge in [-0.3, -0.25) is 4.79 Å². The molecular weight excluding hydrogens is 388 g/mol. The van der Waals surface area contributed by atoms with E-state index in [0.29, 0.717) is 6.54 Å². The van der Waals surface area contributed by atoms with Gasteiger partial charge in [-0.25, -0.2) is 0 Å². The van der Waals surface area contributed by atoms with Crippen molar-refractivity contribution in [3.05, 3.63) is 65.7 Å². The second-order valence-corrected chi connectivity index (χ2v) is 9.05. The third-order valence-electron chi connectivity index (χ3n) is 4.28. The van der Waals surface area contributed by atoms with E-state index < -0.39 is 0 Å². The fourth-order valence-corrected chi connectivity index (χ4v) is 4.73. The molecule has 0 unspecified atom stereocenters. The molecule has 28 heavy (non-hydrogen) atoms. The number of nitrogens with one attached hydrogen (secondary N) is 1. The molecule has 0 aliphatic heterocycles. The minimum absolute atomic E-state index is 0.0775. The largest absolute Gasteiger partial charge is 0.340 e. The second-order valence-electron chi connectivity index (χ2n) is 6.49. The van der Waals surface area contributed by atoms with Crippen molar-refractivity contribution >= 4 is 39.8 Å². The van der Waals surface area contributed by atoms with Crippen LogP contribution in [0.5, 0.6) is 0 Å². The summed E-state index contributed by atoms with van der Waals surface area (Å²) < 4.78 is 0.779. The van der Waals surface area contributed by atoms with Crippen molar-refractivity contribution in [2.24, 2.45) is 0 Å². The lowest BCUT2D eigenvalue weighted by Gasteiger charge is -2.20. The van der Waals surface area contributed by atoms with Gasteiger partial charge in [-0.15, -0.1) is 10.2 Å². The van der Waals surface area contributed by atoms with Crippen LogP contribution in [0.15, 0.2) is 58.9 Å². The van der Waals surface area contributed by atoms with Crippen molar-refractivity contribution in [1.82, 2.24) is 15.1 Å². The number of amides is 1. The molecule has 0 aliphatic carbocycles. The van der Waals surface area contributed by atoms with Gasteiger partial charge in [0.15, 0.2) is 4.34 Å². The molecule has 2 aromatic carbocycles. The van der Waals surface area contributed by atoms with E-state index in [-0.39, 0.29) is 11.2 Å². The van der Waals surface area contributed by atoms with Crippen molar-refractivity contribution in [3.8, 4) is 0 Å². The normalized spacial score (nSPS) is 11.8. The topological polar surface area (TPSA) is 58.1 Å². The smallest absolute Gasteiger partial charge is 0.235 e. The maximum atomic E-state index is 12.7. The first-order chi connectivity index (χ1) is 13.5. The summed E-state index contributed by atoms with van der Waals surface area (Å²) in [6.07, 6.45) is 1.02. The summed E-state index contributed by atoms with van der Waals surface area (Å²) >= 11 is 2.90. The number of carbonyl (C=O) groups is 1. The molecule has 3 rings (SSSR count). The van der Waals surface area contributed by atoms with Gasteiger partial charge < -0.3 is 10.2 Å². The third kappa shape index (κ3) is 5.56. The molecule has 146 valence electrons. The van der Waals surface area contributed by atoms with Crippen LogP contribution in [0.3, 0.4) is 0 Å². The van der Waals surface area contributed by atoms with Gasteiger partial charge in [0.05, 0.1) is 5.25 Å². The van der Waals surface area contributed by atoms with E-state index in [1.54, 1.807) is 4.90 Å². The Balaban J connectivity index is 1.55. The van der Waals surface area contributed by atoms with Crippen LogP contribution < -0.4 is 5.32 Å². The zero-order valence-corrected chi connectivity index (χ0v) is 17.9. The van der Waals surface area contributed by atoms with Crippen molar-refractivity contribution < 1.29 is 4.79 Å². The fourth-order valence-electron chi connectivity index (χ4n) is 2.70. The molecule has 1 heterocycles. The van der Waals surface area contributed by atoms with Gasteiger partial charge in [-0.2, -0.15) is 0 Å². The number of rotatable bonds is 8.